The molecule has 108 valence electrons. The molecule has 0 aromatic carbocycles. The minimum Gasteiger partial charge on any atom is -0.354 e. The Morgan fingerprint density at radius 1 is 1.16 bits per heavy atom. The van der Waals surface area contributed by atoms with E-state index in [1.807, 2.05) is 37.7 Å². The van der Waals surface area contributed by atoms with Crippen molar-refractivity contribution in [1.29, 1.82) is 0 Å². The Kier molecular flexibility index (Phi) is 6.69. The summed E-state index contributed by atoms with van der Waals surface area (Å²) in [5, 5.41) is 6.45. The monoisotopic (exact) mass is 284 g/mol. The van der Waals surface area contributed by atoms with E-state index in [2.05, 4.69) is 39.4 Å². The summed E-state index contributed by atoms with van der Waals surface area (Å²) in [6.45, 7) is 7.10. The van der Waals surface area contributed by atoms with Gasteiger partial charge in [-0.15, -0.1) is 0 Å². The Morgan fingerprint density at radius 2 is 1.84 bits per heavy atom. The molecule has 1 aromatic rings. The Balaban J connectivity index is 2.80. The van der Waals surface area contributed by atoms with Crippen molar-refractivity contribution in [3.05, 3.63) is 0 Å². The number of hydrogen-bond acceptors (Lipinski definition) is 7. The summed E-state index contributed by atoms with van der Waals surface area (Å²) in [6.07, 6.45) is 0. The Bertz CT molecular complexity index is 384. The first kappa shape index (κ1) is 15.8. The maximum atomic E-state index is 4.41. The average molecular weight is 284 g/mol. The lowest BCUT2D eigenvalue weighted by Gasteiger charge is -2.16. The topological polar surface area (TPSA) is 66.0 Å². The number of nitrogens with zero attached hydrogens (tertiary/aromatic N) is 4. The summed E-state index contributed by atoms with van der Waals surface area (Å²) in [5.74, 6) is 4.05. The van der Waals surface area contributed by atoms with E-state index in [1.165, 1.54) is 0 Å². The van der Waals surface area contributed by atoms with Gasteiger partial charge in [0.1, 0.15) is 0 Å². The average Bonchev–Trinajstić information content (AvgIpc) is 2.36. The predicted octanol–water partition coefficient (Wildman–Crippen LogP) is 1.92. The number of anilines is 3. The SMILES string of the molecule is CCNc1nc(NC(C)CSCC)nc(N(C)C)n1. The zero-order chi connectivity index (χ0) is 14.3. The fraction of sp³-hybridized carbons (Fsp3) is 0.750. The van der Waals surface area contributed by atoms with Gasteiger partial charge in [-0.3, -0.25) is 0 Å². The minimum atomic E-state index is 0.330. The van der Waals surface area contributed by atoms with Crippen molar-refractivity contribution in [1.82, 2.24) is 15.0 Å². The highest BCUT2D eigenvalue weighted by atomic mass is 32.2. The van der Waals surface area contributed by atoms with Crippen LogP contribution in [0, 0.1) is 0 Å². The van der Waals surface area contributed by atoms with Crippen LogP contribution in [-0.2, 0) is 0 Å². The van der Waals surface area contributed by atoms with Crippen LogP contribution in [0.15, 0.2) is 0 Å². The molecule has 19 heavy (non-hydrogen) atoms. The third kappa shape index (κ3) is 5.50. The quantitative estimate of drug-likeness (QED) is 0.756. The van der Waals surface area contributed by atoms with E-state index in [0.717, 1.165) is 18.1 Å². The summed E-state index contributed by atoms with van der Waals surface area (Å²) < 4.78 is 0. The molecule has 0 radical (unpaired) electrons. The normalized spacial score (nSPS) is 12.1. The first-order valence-electron chi connectivity index (χ1n) is 6.58. The number of rotatable bonds is 8. The van der Waals surface area contributed by atoms with Crippen LogP contribution in [0.5, 0.6) is 0 Å². The number of hydrogen-bond donors (Lipinski definition) is 2. The van der Waals surface area contributed by atoms with E-state index >= 15 is 0 Å². The maximum absolute atomic E-state index is 4.41. The maximum Gasteiger partial charge on any atom is 0.231 e. The van der Waals surface area contributed by atoms with Crippen molar-refractivity contribution in [2.45, 2.75) is 26.8 Å². The molecule has 0 aliphatic carbocycles. The lowest BCUT2D eigenvalue weighted by atomic mass is 10.4. The third-order valence-electron chi connectivity index (χ3n) is 2.31. The Labute approximate surface area is 119 Å². The Morgan fingerprint density at radius 3 is 2.42 bits per heavy atom. The molecule has 0 spiro atoms. The molecular weight excluding hydrogens is 260 g/mol. The van der Waals surface area contributed by atoms with Gasteiger partial charge in [-0.2, -0.15) is 26.7 Å². The van der Waals surface area contributed by atoms with Crippen LogP contribution in [-0.4, -0.2) is 53.1 Å². The van der Waals surface area contributed by atoms with Gasteiger partial charge < -0.3 is 15.5 Å². The third-order valence-corrected chi connectivity index (χ3v) is 3.45. The summed E-state index contributed by atoms with van der Waals surface area (Å²) >= 11 is 1.90. The molecule has 7 heteroatoms. The summed E-state index contributed by atoms with van der Waals surface area (Å²) in [6, 6.07) is 0.330. The molecule has 0 aliphatic rings. The molecule has 0 saturated heterocycles. The lowest BCUT2D eigenvalue weighted by Crippen LogP contribution is -2.22. The molecule has 6 nitrogen and oxygen atoms in total. The first-order chi connectivity index (χ1) is 9.06. The van der Waals surface area contributed by atoms with Gasteiger partial charge in [0.05, 0.1) is 0 Å². The van der Waals surface area contributed by atoms with E-state index in [-0.39, 0.29) is 0 Å². The molecule has 1 rings (SSSR count). The van der Waals surface area contributed by atoms with Crippen LogP contribution in [0.25, 0.3) is 0 Å². The standard InChI is InChI=1S/C12H24N6S/c1-6-13-10-15-11(14-9(3)8-19-7-2)17-12(16-10)18(4)5/h9H,6-8H2,1-5H3,(H2,13,14,15,16,17). The molecular formula is C12H24N6S. The van der Waals surface area contributed by atoms with E-state index in [9.17, 15) is 0 Å². The lowest BCUT2D eigenvalue weighted by molar-refractivity contribution is 0.867. The van der Waals surface area contributed by atoms with Gasteiger partial charge in [0.15, 0.2) is 0 Å². The van der Waals surface area contributed by atoms with Crippen molar-refractivity contribution in [2.24, 2.45) is 0 Å². The summed E-state index contributed by atoms with van der Waals surface area (Å²) in [5.41, 5.74) is 0. The first-order valence-corrected chi connectivity index (χ1v) is 7.73. The molecule has 2 N–H and O–H groups in total. The van der Waals surface area contributed by atoms with Crippen molar-refractivity contribution < 1.29 is 0 Å². The number of aromatic nitrogens is 3. The molecule has 0 aliphatic heterocycles. The van der Waals surface area contributed by atoms with Gasteiger partial charge in [-0.25, -0.2) is 0 Å². The van der Waals surface area contributed by atoms with Crippen LogP contribution in [0.1, 0.15) is 20.8 Å². The zero-order valence-electron chi connectivity index (χ0n) is 12.4. The van der Waals surface area contributed by atoms with Gasteiger partial charge in [-0.05, 0) is 19.6 Å². The highest BCUT2D eigenvalue weighted by Gasteiger charge is 2.10. The highest BCUT2D eigenvalue weighted by molar-refractivity contribution is 7.99. The molecule has 0 amide bonds. The van der Waals surface area contributed by atoms with E-state index < -0.39 is 0 Å². The smallest absolute Gasteiger partial charge is 0.231 e. The predicted molar refractivity (Wildman–Crippen MR) is 84.4 cm³/mol. The largest absolute Gasteiger partial charge is 0.354 e. The van der Waals surface area contributed by atoms with Crippen molar-refractivity contribution in [2.75, 3.05) is 47.7 Å². The van der Waals surface area contributed by atoms with Crippen molar-refractivity contribution in [3.8, 4) is 0 Å². The van der Waals surface area contributed by atoms with Crippen LogP contribution in [0.2, 0.25) is 0 Å². The molecule has 0 fully saturated rings. The summed E-state index contributed by atoms with van der Waals surface area (Å²) in [7, 11) is 3.84. The number of thioether (sulfide) groups is 1. The second kappa shape index (κ2) is 8.04. The van der Waals surface area contributed by atoms with Gasteiger partial charge in [0, 0.05) is 32.4 Å². The second-order valence-electron chi connectivity index (χ2n) is 4.41. The van der Waals surface area contributed by atoms with Crippen molar-refractivity contribution >= 4 is 29.6 Å². The van der Waals surface area contributed by atoms with Crippen LogP contribution in [0.4, 0.5) is 17.8 Å². The fourth-order valence-corrected chi connectivity index (χ4v) is 2.10. The van der Waals surface area contributed by atoms with E-state index in [4.69, 9.17) is 0 Å². The molecule has 0 saturated carbocycles. The molecule has 1 atom stereocenters. The van der Waals surface area contributed by atoms with Gasteiger partial charge >= 0.3 is 0 Å². The Hall–Kier alpha value is -1.24. The molecule has 1 unspecified atom stereocenters. The van der Waals surface area contributed by atoms with E-state index in [1.54, 1.807) is 0 Å². The van der Waals surface area contributed by atoms with Gasteiger partial charge in [-0.1, -0.05) is 6.92 Å². The fourth-order valence-electron chi connectivity index (χ4n) is 1.42. The molecule has 1 heterocycles. The summed E-state index contributed by atoms with van der Waals surface area (Å²) in [4.78, 5) is 15.0. The van der Waals surface area contributed by atoms with Crippen LogP contribution < -0.4 is 15.5 Å². The second-order valence-corrected chi connectivity index (χ2v) is 5.73. The number of nitrogens with one attached hydrogen (secondary N) is 2. The molecule has 0 bridgehead atoms. The molecule has 1 aromatic heterocycles. The van der Waals surface area contributed by atoms with Crippen LogP contribution >= 0.6 is 11.8 Å². The minimum absolute atomic E-state index is 0.330. The zero-order valence-corrected chi connectivity index (χ0v) is 13.2. The van der Waals surface area contributed by atoms with Gasteiger partial charge in [0.25, 0.3) is 0 Å². The van der Waals surface area contributed by atoms with Crippen LogP contribution in [0.3, 0.4) is 0 Å². The van der Waals surface area contributed by atoms with Crippen molar-refractivity contribution in [3.63, 3.8) is 0 Å². The van der Waals surface area contributed by atoms with Gasteiger partial charge in [0.2, 0.25) is 17.8 Å². The van der Waals surface area contributed by atoms with E-state index in [0.29, 0.717) is 23.9 Å². The highest BCUT2D eigenvalue weighted by Crippen LogP contribution is 2.13.